The second kappa shape index (κ2) is 3.77. The minimum absolute atomic E-state index is 0.408. The van der Waals surface area contributed by atoms with Gasteiger partial charge in [0.1, 0.15) is 5.75 Å². The van der Waals surface area contributed by atoms with E-state index < -0.39 is 5.97 Å². The van der Waals surface area contributed by atoms with Gasteiger partial charge in [-0.2, -0.15) is 0 Å². The van der Waals surface area contributed by atoms with Crippen molar-refractivity contribution in [2.75, 3.05) is 6.61 Å². The number of hydrogen-bond acceptors (Lipinski definition) is 2. The zero-order valence-electron chi connectivity index (χ0n) is 8.49. The van der Waals surface area contributed by atoms with Gasteiger partial charge in [0.05, 0.1) is 6.61 Å². The highest BCUT2D eigenvalue weighted by Gasteiger charge is 2.19. The molecule has 0 aliphatic carbocycles. The van der Waals surface area contributed by atoms with Gasteiger partial charge < -0.3 is 9.84 Å². The van der Waals surface area contributed by atoms with Crippen LogP contribution in [0.4, 0.5) is 0 Å². The molecule has 0 atom stereocenters. The van der Waals surface area contributed by atoms with Crippen molar-refractivity contribution < 1.29 is 14.6 Å². The van der Waals surface area contributed by atoms with E-state index in [0.29, 0.717) is 18.6 Å². The first-order valence-corrected chi connectivity index (χ1v) is 4.85. The van der Waals surface area contributed by atoms with Crippen LogP contribution in [0.25, 0.3) is 5.57 Å². The van der Waals surface area contributed by atoms with Gasteiger partial charge in [0.25, 0.3) is 0 Å². The van der Waals surface area contributed by atoms with E-state index in [0.717, 1.165) is 16.9 Å². The topological polar surface area (TPSA) is 46.5 Å². The first-order chi connectivity index (χ1) is 7.20. The van der Waals surface area contributed by atoms with Crippen molar-refractivity contribution in [3.8, 4) is 5.75 Å². The lowest BCUT2D eigenvalue weighted by atomic mass is 9.95. The normalized spacial score (nSPS) is 17.7. The van der Waals surface area contributed by atoms with E-state index in [4.69, 9.17) is 9.84 Å². The highest BCUT2D eigenvalue weighted by atomic mass is 16.5. The lowest BCUT2D eigenvalue weighted by molar-refractivity contribution is -0.132. The van der Waals surface area contributed by atoms with Gasteiger partial charge in [-0.25, -0.2) is 4.79 Å². The number of rotatable bonds is 1. The van der Waals surface area contributed by atoms with Crippen molar-refractivity contribution >= 4 is 11.5 Å². The van der Waals surface area contributed by atoms with Gasteiger partial charge in [-0.15, -0.1) is 0 Å². The van der Waals surface area contributed by atoms with Gasteiger partial charge in [-0.3, -0.25) is 0 Å². The molecule has 1 aromatic rings. The molecule has 0 spiro atoms. The average molecular weight is 204 g/mol. The minimum Gasteiger partial charge on any atom is -0.493 e. The first kappa shape index (κ1) is 9.77. The molecule has 0 fully saturated rings. The maximum absolute atomic E-state index is 10.9. The van der Waals surface area contributed by atoms with E-state index >= 15 is 0 Å². The van der Waals surface area contributed by atoms with Crippen molar-refractivity contribution in [1.82, 2.24) is 0 Å². The van der Waals surface area contributed by atoms with Crippen LogP contribution < -0.4 is 4.74 Å². The van der Waals surface area contributed by atoms with Gasteiger partial charge >= 0.3 is 5.97 Å². The highest BCUT2D eigenvalue weighted by molar-refractivity contribution is 5.96. The SMILES string of the molecule is CC(C(=O)O)=C1CCOc2ccccc21. The lowest BCUT2D eigenvalue weighted by Gasteiger charge is -2.20. The fraction of sp³-hybridized carbons (Fsp3) is 0.250. The summed E-state index contributed by atoms with van der Waals surface area (Å²) in [6.45, 7) is 2.19. The summed E-state index contributed by atoms with van der Waals surface area (Å²) in [6, 6.07) is 7.54. The predicted molar refractivity (Wildman–Crippen MR) is 56.8 cm³/mol. The summed E-state index contributed by atoms with van der Waals surface area (Å²) in [4.78, 5) is 10.9. The fourth-order valence-corrected chi connectivity index (χ4v) is 1.76. The van der Waals surface area contributed by atoms with Gasteiger partial charge in [0.15, 0.2) is 0 Å². The maximum atomic E-state index is 10.9. The van der Waals surface area contributed by atoms with Gasteiger partial charge in [0, 0.05) is 17.6 Å². The smallest absolute Gasteiger partial charge is 0.331 e. The van der Waals surface area contributed by atoms with E-state index in [2.05, 4.69) is 0 Å². The molecule has 15 heavy (non-hydrogen) atoms. The predicted octanol–water partition coefficient (Wildman–Crippen LogP) is 2.33. The molecular formula is C12H12O3. The Balaban J connectivity index is 2.55. The average Bonchev–Trinajstić information content (AvgIpc) is 2.27. The van der Waals surface area contributed by atoms with Gasteiger partial charge in [-0.05, 0) is 18.6 Å². The third-order valence-corrected chi connectivity index (χ3v) is 2.60. The Bertz CT molecular complexity index is 432. The quantitative estimate of drug-likeness (QED) is 0.714. The Morgan fingerprint density at radius 1 is 1.40 bits per heavy atom. The molecule has 0 bridgehead atoms. The summed E-state index contributed by atoms with van der Waals surface area (Å²) in [5, 5.41) is 8.96. The molecule has 1 N–H and O–H groups in total. The molecule has 1 aliphatic rings. The molecule has 0 saturated heterocycles. The summed E-state index contributed by atoms with van der Waals surface area (Å²) < 4.78 is 5.46. The zero-order valence-corrected chi connectivity index (χ0v) is 8.49. The number of benzene rings is 1. The second-order valence-corrected chi connectivity index (χ2v) is 3.50. The summed E-state index contributed by atoms with van der Waals surface area (Å²) in [7, 11) is 0. The van der Waals surface area contributed by atoms with Crippen LogP contribution in [0.2, 0.25) is 0 Å². The van der Waals surface area contributed by atoms with Crippen molar-refractivity contribution in [3.05, 3.63) is 35.4 Å². The number of carboxylic acid groups (broad SMARTS) is 1. The molecule has 0 amide bonds. The zero-order chi connectivity index (χ0) is 10.8. The van der Waals surface area contributed by atoms with Gasteiger partial charge in [-0.1, -0.05) is 18.2 Å². The lowest BCUT2D eigenvalue weighted by Crippen LogP contribution is -2.11. The molecule has 0 radical (unpaired) electrons. The van der Waals surface area contributed by atoms with Crippen molar-refractivity contribution in [3.63, 3.8) is 0 Å². The van der Waals surface area contributed by atoms with Crippen LogP contribution in [-0.2, 0) is 4.79 Å². The Hall–Kier alpha value is -1.77. The van der Waals surface area contributed by atoms with E-state index in [1.54, 1.807) is 6.92 Å². The highest BCUT2D eigenvalue weighted by Crippen LogP contribution is 2.34. The van der Waals surface area contributed by atoms with Crippen molar-refractivity contribution in [1.29, 1.82) is 0 Å². The first-order valence-electron chi connectivity index (χ1n) is 4.85. The van der Waals surface area contributed by atoms with E-state index in [1.807, 2.05) is 24.3 Å². The van der Waals surface area contributed by atoms with Crippen LogP contribution >= 0.6 is 0 Å². The number of hydrogen-bond donors (Lipinski definition) is 1. The molecule has 3 heteroatoms. The number of carbonyl (C=O) groups is 1. The number of fused-ring (bicyclic) bond motifs is 1. The third kappa shape index (κ3) is 1.73. The number of carboxylic acids is 1. The molecule has 2 rings (SSSR count). The standard InChI is InChI=1S/C12H12O3/c1-8(12(13)14)9-6-7-15-11-5-3-2-4-10(9)11/h2-5H,6-7H2,1H3,(H,13,14). The van der Waals surface area contributed by atoms with E-state index in [9.17, 15) is 4.79 Å². The Morgan fingerprint density at radius 3 is 2.87 bits per heavy atom. The van der Waals surface area contributed by atoms with Crippen molar-refractivity contribution in [2.24, 2.45) is 0 Å². The van der Waals surface area contributed by atoms with Crippen LogP contribution in [0.1, 0.15) is 18.9 Å². The van der Waals surface area contributed by atoms with Crippen LogP contribution in [0, 0.1) is 0 Å². The summed E-state index contributed by atoms with van der Waals surface area (Å²) in [5.74, 6) is -0.0824. The summed E-state index contributed by atoms with van der Waals surface area (Å²) >= 11 is 0. The summed E-state index contributed by atoms with van der Waals surface area (Å²) in [5.41, 5.74) is 2.19. The Morgan fingerprint density at radius 2 is 2.13 bits per heavy atom. The third-order valence-electron chi connectivity index (χ3n) is 2.60. The second-order valence-electron chi connectivity index (χ2n) is 3.50. The van der Waals surface area contributed by atoms with Crippen LogP contribution in [-0.4, -0.2) is 17.7 Å². The Kier molecular flexibility index (Phi) is 2.46. The maximum Gasteiger partial charge on any atom is 0.331 e. The number of para-hydroxylation sites is 1. The fourth-order valence-electron chi connectivity index (χ4n) is 1.76. The van der Waals surface area contributed by atoms with Crippen molar-refractivity contribution in [2.45, 2.75) is 13.3 Å². The molecule has 1 aliphatic heterocycles. The van der Waals surface area contributed by atoms with E-state index in [1.165, 1.54) is 0 Å². The van der Waals surface area contributed by atoms with E-state index in [-0.39, 0.29) is 0 Å². The molecule has 0 saturated carbocycles. The molecule has 0 aromatic heterocycles. The molecule has 78 valence electrons. The number of aliphatic carboxylic acids is 1. The van der Waals surface area contributed by atoms with Crippen LogP contribution in [0.5, 0.6) is 5.75 Å². The molecule has 0 unspecified atom stereocenters. The van der Waals surface area contributed by atoms with Crippen LogP contribution in [0.15, 0.2) is 29.8 Å². The largest absolute Gasteiger partial charge is 0.493 e. The summed E-state index contributed by atoms with van der Waals surface area (Å²) in [6.07, 6.45) is 0.662. The molecule has 1 aromatic carbocycles. The van der Waals surface area contributed by atoms with Gasteiger partial charge in [0.2, 0.25) is 0 Å². The van der Waals surface area contributed by atoms with Crippen LogP contribution in [0.3, 0.4) is 0 Å². The molecular weight excluding hydrogens is 192 g/mol. The monoisotopic (exact) mass is 204 g/mol. The molecule has 3 nitrogen and oxygen atoms in total. The Labute approximate surface area is 88.0 Å². The molecule has 1 heterocycles. The minimum atomic E-state index is -0.860. The number of ether oxygens (including phenoxy) is 1.